The van der Waals surface area contributed by atoms with Gasteiger partial charge in [0.25, 0.3) is 11.8 Å². The van der Waals surface area contributed by atoms with E-state index in [2.05, 4.69) is 16.0 Å². The summed E-state index contributed by atoms with van der Waals surface area (Å²) < 4.78 is 36.8. The van der Waals surface area contributed by atoms with Gasteiger partial charge in [-0.25, -0.2) is 13.6 Å². The molecule has 3 rings (SSSR count). The number of carboxylic acid groups (broad SMARTS) is 1. The first kappa shape index (κ1) is 45.7. The van der Waals surface area contributed by atoms with Crippen LogP contribution >= 0.6 is 0 Å². The first-order chi connectivity index (χ1) is 20.9. The standard InChI is InChI=1S/C23H25NO7.C9H16F2N2O.3CH4/c1-13-10-18(14(2)20(11-13)30-15(3)25)22(27)24-19(12-17-8-6-5-7-9-17)21(23(28)29)31-16(4)26;1-4-12-7(14)6-8(2,3)9(10,11)5-13-6;;;/h5-11,19,21H,12H2,1-4H3,(H,24,27)(H,28,29);6,13H,4-5H2,1-3H3,(H,12,14);3*1H4/t19-,21-;;;;/m0..../s1. The molecule has 1 saturated heterocycles. The van der Waals surface area contributed by atoms with Crippen LogP contribution in [0.5, 0.6) is 5.75 Å². The number of halogens is 2. The normalized spacial score (nSPS) is 16.4. The number of hydrogen-bond acceptors (Lipinski definition) is 8. The molecule has 1 heterocycles. The van der Waals surface area contributed by atoms with E-state index < -0.39 is 59.9 Å². The molecular formula is C35H53F2N3O8. The van der Waals surface area contributed by atoms with Crippen molar-refractivity contribution in [1.82, 2.24) is 16.0 Å². The number of hydrogen-bond donors (Lipinski definition) is 4. The van der Waals surface area contributed by atoms with Gasteiger partial charge >= 0.3 is 17.9 Å². The van der Waals surface area contributed by atoms with Gasteiger partial charge in [-0.15, -0.1) is 0 Å². The summed E-state index contributed by atoms with van der Waals surface area (Å²) in [6.45, 7) is 10.3. The van der Waals surface area contributed by atoms with Crippen molar-refractivity contribution in [2.45, 2.75) is 101 Å². The van der Waals surface area contributed by atoms with Crippen LogP contribution in [-0.2, 0) is 30.3 Å². The molecule has 0 aromatic heterocycles. The summed E-state index contributed by atoms with van der Waals surface area (Å²) >= 11 is 0. The Morgan fingerprint density at radius 3 is 2.04 bits per heavy atom. The zero-order chi connectivity index (χ0) is 34.1. The minimum absolute atomic E-state index is 0. The molecular weight excluding hydrogens is 628 g/mol. The van der Waals surface area contributed by atoms with Crippen LogP contribution in [0.25, 0.3) is 0 Å². The molecule has 2 aromatic carbocycles. The lowest BCUT2D eigenvalue weighted by molar-refractivity contribution is -0.164. The number of benzene rings is 2. The van der Waals surface area contributed by atoms with Gasteiger partial charge in [0.1, 0.15) is 5.75 Å². The molecule has 2 amide bonds. The molecule has 1 unspecified atom stereocenters. The minimum atomic E-state index is -2.83. The number of aliphatic carboxylic acids is 1. The molecule has 0 spiro atoms. The number of amides is 2. The second-order valence-electron chi connectivity index (χ2n) is 11.3. The van der Waals surface area contributed by atoms with Gasteiger partial charge in [-0.1, -0.05) is 66.5 Å². The van der Waals surface area contributed by atoms with Gasteiger partial charge in [0.05, 0.1) is 24.0 Å². The van der Waals surface area contributed by atoms with Crippen LogP contribution < -0.4 is 20.7 Å². The van der Waals surface area contributed by atoms with E-state index in [4.69, 9.17) is 9.47 Å². The highest BCUT2D eigenvalue weighted by Crippen LogP contribution is 2.43. The lowest BCUT2D eigenvalue weighted by Crippen LogP contribution is -2.50. The Labute approximate surface area is 283 Å². The van der Waals surface area contributed by atoms with Crippen molar-refractivity contribution in [3.8, 4) is 5.75 Å². The fraction of sp³-hybridized carbons (Fsp3) is 0.514. The Morgan fingerprint density at radius 1 is 1.00 bits per heavy atom. The van der Waals surface area contributed by atoms with E-state index in [0.717, 1.165) is 12.5 Å². The van der Waals surface area contributed by atoms with Gasteiger partial charge in [-0.2, -0.15) is 0 Å². The lowest BCUT2D eigenvalue weighted by Gasteiger charge is -2.30. The van der Waals surface area contributed by atoms with E-state index in [1.54, 1.807) is 57.2 Å². The Balaban J connectivity index is 0. The van der Waals surface area contributed by atoms with Crippen LogP contribution in [0.2, 0.25) is 0 Å². The van der Waals surface area contributed by atoms with Crippen molar-refractivity contribution in [2.24, 2.45) is 5.41 Å². The van der Waals surface area contributed by atoms with Gasteiger partial charge in [0.15, 0.2) is 0 Å². The number of ether oxygens (including phenoxy) is 2. The number of esters is 2. The van der Waals surface area contributed by atoms with E-state index in [0.29, 0.717) is 17.7 Å². The van der Waals surface area contributed by atoms with E-state index in [1.165, 1.54) is 20.8 Å². The maximum Gasteiger partial charge on any atom is 0.347 e. The molecule has 2 aromatic rings. The molecule has 1 fully saturated rings. The third-order valence-electron chi connectivity index (χ3n) is 7.33. The molecule has 48 heavy (non-hydrogen) atoms. The van der Waals surface area contributed by atoms with Gasteiger partial charge in [-0.05, 0) is 50.5 Å². The molecule has 0 saturated carbocycles. The monoisotopic (exact) mass is 681 g/mol. The first-order valence-electron chi connectivity index (χ1n) is 14.3. The molecule has 1 aliphatic rings. The summed E-state index contributed by atoms with van der Waals surface area (Å²) in [6.07, 6.45) is -1.46. The smallest absolute Gasteiger partial charge is 0.347 e. The SMILES string of the molecule is C.C.C.CC(=O)Oc1cc(C)cc(C(=O)N[C@@H](Cc2ccccc2)[C@H](OC(C)=O)C(=O)O)c1C.CCNC(=O)C1NCC(F)(F)C1(C)C. The van der Waals surface area contributed by atoms with Crippen molar-refractivity contribution in [2.75, 3.05) is 13.1 Å². The van der Waals surface area contributed by atoms with Crippen molar-refractivity contribution in [3.63, 3.8) is 0 Å². The number of carboxylic acids is 1. The largest absolute Gasteiger partial charge is 0.478 e. The molecule has 13 heteroatoms. The van der Waals surface area contributed by atoms with E-state index in [-0.39, 0.29) is 45.9 Å². The van der Waals surface area contributed by atoms with E-state index in [9.17, 15) is 37.9 Å². The van der Waals surface area contributed by atoms with Crippen LogP contribution in [-0.4, -0.2) is 72.0 Å². The Bertz CT molecular complexity index is 1400. The maximum atomic E-state index is 13.3. The molecule has 11 nitrogen and oxygen atoms in total. The number of rotatable bonds is 10. The average molecular weight is 682 g/mol. The summed E-state index contributed by atoms with van der Waals surface area (Å²) in [7, 11) is 0. The molecule has 0 aliphatic carbocycles. The predicted molar refractivity (Wildman–Crippen MR) is 181 cm³/mol. The average Bonchev–Trinajstić information content (AvgIpc) is 3.15. The highest BCUT2D eigenvalue weighted by atomic mass is 19.3. The zero-order valence-corrected chi connectivity index (χ0v) is 26.5. The van der Waals surface area contributed by atoms with Crippen molar-refractivity contribution in [3.05, 3.63) is 64.7 Å². The number of carbonyl (C=O) groups excluding carboxylic acids is 4. The minimum Gasteiger partial charge on any atom is -0.478 e. The highest BCUT2D eigenvalue weighted by Gasteiger charge is 2.58. The number of likely N-dealkylation sites (N-methyl/N-ethyl adjacent to an activating group) is 1. The van der Waals surface area contributed by atoms with Crippen molar-refractivity contribution >= 4 is 29.7 Å². The van der Waals surface area contributed by atoms with Gasteiger partial charge < -0.3 is 25.2 Å². The topological polar surface area (TPSA) is 160 Å². The molecule has 3 atom stereocenters. The summed E-state index contributed by atoms with van der Waals surface area (Å²) in [5.74, 6) is -6.19. The number of nitrogens with one attached hydrogen (secondary N) is 3. The van der Waals surface area contributed by atoms with Crippen LogP contribution in [0, 0.1) is 19.3 Å². The highest BCUT2D eigenvalue weighted by molar-refractivity contribution is 5.97. The molecule has 4 N–H and O–H groups in total. The quantitative estimate of drug-likeness (QED) is 0.194. The zero-order valence-electron chi connectivity index (χ0n) is 26.5. The molecule has 0 radical (unpaired) electrons. The number of alkyl halides is 2. The van der Waals surface area contributed by atoms with Crippen LogP contribution in [0.4, 0.5) is 8.78 Å². The van der Waals surface area contributed by atoms with E-state index in [1.807, 2.05) is 6.07 Å². The van der Waals surface area contributed by atoms with Crippen LogP contribution in [0.3, 0.4) is 0 Å². The maximum absolute atomic E-state index is 13.3. The summed E-state index contributed by atoms with van der Waals surface area (Å²) in [5.41, 5.74) is 0.762. The van der Waals surface area contributed by atoms with E-state index >= 15 is 0 Å². The first-order valence-corrected chi connectivity index (χ1v) is 14.3. The summed E-state index contributed by atoms with van der Waals surface area (Å²) in [4.78, 5) is 59.2. The third kappa shape index (κ3) is 12.0. The Kier molecular flexibility index (Phi) is 18.5. The fourth-order valence-corrected chi connectivity index (χ4v) is 4.77. The van der Waals surface area contributed by atoms with Crippen molar-refractivity contribution in [1.29, 1.82) is 0 Å². The predicted octanol–water partition coefficient (Wildman–Crippen LogP) is 5.25. The Hall–Kier alpha value is -4.39. The summed E-state index contributed by atoms with van der Waals surface area (Å²) in [5, 5.41) is 17.4. The third-order valence-corrected chi connectivity index (χ3v) is 7.33. The Morgan fingerprint density at radius 2 is 1.58 bits per heavy atom. The van der Waals surface area contributed by atoms with Gasteiger partial charge in [-0.3, -0.25) is 24.5 Å². The fourth-order valence-electron chi connectivity index (χ4n) is 4.77. The van der Waals surface area contributed by atoms with Gasteiger partial charge in [0, 0.05) is 31.5 Å². The van der Waals surface area contributed by atoms with Crippen LogP contribution in [0.15, 0.2) is 42.5 Å². The number of aryl methyl sites for hydroxylation is 1. The molecule has 270 valence electrons. The molecule has 1 aliphatic heterocycles. The second kappa shape index (κ2) is 19.4. The summed E-state index contributed by atoms with van der Waals surface area (Å²) in [6, 6.07) is 10.3. The van der Waals surface area contributed by atoms with Crippen LogP contribution in [0.1, 0.15) is 83.9 Å². The molecule has 0 bridgehead atoms. The second-order valence-corrected chi connectivity index (χ2v) is 11.3. The lowest BCUT2D eigenvalue weighted by atomic mass is 9.81. The number of carbonyl (C=O) groups is 5. The van der Waals surface area contributed by atoms with Crippen molar-refractivity contribution < 1.29 is 47.3 Å². The van der Waals surface area contributed by atoms with Gasteiger partial charge in [0.2, 0.25) is 12.0 Å².